The molecule has 17 heavy (non-hydrogen) atoms. The molecule has 0 heterocycles. The fourth-order valence-electron chi connectivity index (χ4n) is 0.646. The van der Waals surface area contributed by atoms with E-state index in [1.807, 2.05) is 0 Å². The summed E-state index contributed by atoms with van der Waals surface area (Å²) in [7, 11) is 0. The lowest BCUT2D eigenvalue weighted by molar-refractivity contribution is -0.417. The molecule has 0 aliphatic heterocycles. The van der Waals surface area contributed by atoms with Crippen LogP contribution < -0.4 is 0 Å². The lowest BCUT2D eigenvalue weighted by atomic mass is 10.2. The minimum Gasteiger partial charge on any atom is -0.412 e. The molecule has 10 heteroatoms. The molecular formula is C7H6F7IO2. The topological polar surface area (TPSA) is 26.3 Å². The molecular weight excluding hydrogens is 376 g/mol. The zero-order valence-electron chi connectivity index (χ0n) is 8.12. The fraction of sp³-hybridized carbons (Fsp3) is 0.857. The van der Waals surface area contributed by atoms with E-state index in [1.165, 1.54) is 29.5 Å². The number of carbonyl (C=O) groups excluding carboxylic acids is 1. The summed E-state index contributed by atoms with van der Waals surface area (Å²) in [4.78, 5) is 10.8. The Morgan fingerprint density at radius 3 is 1.71 bits per heavy atom. The van der Waals surface area contributed by atoms with E-state index in [0.29, 0.717) is 0 Å². The molecule has 0 aromatic rings. The molecule has 0 bridgehead atoms. The largest absolute Gasteiger partial charge is 0.470 e. The van der Waals surface area contributed by atoms with Gasteiger partial charge < -0.3 is 4.74 Å². The summed E-state index contributed by atoms with van der Waals surface area (Å²) < 4.78 is 86.2. The van der Waals surface area contributed by atoms with Gasteiger partial charge in [0.2, 0.25) is 0 Å². The normalized spacial score (nSPS) is 15.6. The van der Waals surface area contributed by atoms with Crippen molar-refractivity contribution in [3.8, 4) is 0 Å². The van der Waals surface area contributed by atoms with Gasteiger partial charge in [0.15, 0.2) is 0 Å². The van der Waals surface area contributed by atoms with Crippen LogP contribution in [0.5, 0.6) is 0 Å². The molecule has 0 spiro atoms. The van der Waals surface area contributed by atoms with Crippen molar-refractivity contribution in [3.63, 3.8) is 0 Å². The van der Waals surface area contributed by atoms with Crippen LogP contribution in [0.4, 0.5) is 30.7 Å². The zero-order chi connectivity index (χ0) is 14.1. The first-order valence-electron chi connectivity index (χ1n) is 4.06. The van der Waals surface area contributed by atoms with Gasteiger partial charge >= 0.3 is 24.2 Å². The van der Waals surface area contributed by atoms with Crippen molar-refractivity contribution in [1.82, 2.24) is 0 Å². The van der Waals surface area contributed by atoms with Crippen LogP contribution in [0.3, 0.4) is 0 Å². The van der Waals surface area contributed by atoms with Gasteiger partial charge in [0.1, 0.15) is 3.92 Å². The summed E-state index contributed by atoms with van der Waals surface area (Å²) in [6.07, 6.45) is -12.9. The molecule has 0 amide bonds. The Hall–Kier alpha value is -0.290. The second-order valence-electron chi connectivity index (χ2n) is 2.89. The number of esters is 1. The molecule has 0 aliphatic carbocycles. The van der Waals surface area contributed by atoms with Gasteiger partial charge in [0.05, 0.1) is 0 Å². The van der Waals surface area contributed by atoms with Gasteiger partial charge in [-0.05, 0) is 6.42 Å². The Morgan fingerprint density at radius 2 is 1.47 bits per heavy atom. The minimum absolute atomic E-state index is 0.0921. The number of rotatable bonds is 3. The number of ether oxygens (including phenoxy) is 1. The first kappa shape index (κ1) is 16.7. The van der Waals surface area contributed by atoms with Crippen LogP contribution in [0.25, 0.3) is 0 Å². The van der Waals surface area contributed by atoms with Gasteiger partial charge in [0.25, 0.3) is 0 Å². The maximum Gasteiger partial charge on any atom is 0.470 e. The van der Waals surface area contributed by atoms with Gasteiger partial charge in [-0.2, -0.15) is 30.7 Å². The summed E-state index contributed by atoms with van der Waals surface area (Å²) in [5.74, 6) is -7.89. The van der Waals surface area contributed by atoms with E-state index in [-0.39, 0.29) is 6.42 Å². The summed E-state index contributed by atoms with van der Waals surface area (Å²) in [6, 6.07) is 0. The van der Waals surface area contributed by atoms with Crippen LogP contribution in [-0.2, 0) is 9.53 Å². The van der Waals surface area contributed by atoms with E-state index in [2.05, 4.69) is 4.74 Å². The molecule has 0 N–H and O–H groups in total. The lowest BCUT2D eigenvalue weighted by Crippen LogP contribution is -2.56. The quantitative estimate of drug-likeness (QED) is 0.323. The van der Waals surface area contributed by atoms with Gasteiger partial charge in [-0.1, -0.05) is 29.5 Å². The van der Waals surface area contributed by atoms with Crippen molar-refractivity contribution in [2.24, 2.45) is 0 Å². The summed E-state index contributed by atoms with van der Waals surface area (Å²) in [5.41, 5.74) is 0. The molecule has 0 radical (unpaired) electrons. The monoisotopic (exact) mass is 382 g/mol. The Morgan fingerprint density at radius 1 is 1.12 bits per heavy atom. The fourth-order valence-corrected chi connectivity index (χ4v) is 0.773. The van der Waals surface area contributed by atoms with Crippen LogP contribution in [-0.4, -0.2) is 28.1 Å². The molecule has 0 fully saturated rings. The standard InChI is InChI=1S/C7H6F7IO2/c1-2-3(15)4(16)17-5(8,6(9,10)11)7(12,13)14/h3H,2H2,1H3. The molecule has 0 aromatic carbocycles. The first-order valence-corrected chi connectivity index (χ1v) is 5.30. The van der Waals surface area contributed by atoms with Crippen molar-refractivity contribution >= 4 is 28.6 Å². The highest BCUT2D eigenvalue weighted by Crippen LogP contribution is 2.47. The third-order valence-electron chi connectivity index (χ3n) is 1.58. The third kappa shape index (κ3) is 3.58. The van der Waals surface area contributed by atoms with E-state index in [0.717, 1.165) is 0 Å². The average Bonchev–Trinajstić information content (AvgIpc) is 2.12. The van der Waals surface area contributed by atoms with Crippen molar-refractivity contribution < 1.29 is 40.3 Å². The van der Waals surface area contributed by atoms with E-state index in [4.69, 9.17) is 0 Å². The smallest absolute Gasteiger partial charge is 0.412 e. The number of carbonyl (C=O) groups is 1. The summed E-state index contributed by atoms with van der Waals surface area (Å²) >= 11 is 1.25. The SMILES string of the molecule is CCC(I)C(=O)OC(F)(C(F)(F)F)C(F)(F)F. The second-order valence-corrected chi connectivity index (χ2v) is 4.39. The number of alkyl halides is 8. The van der Waals surface area contributed by atoms with Crippen LogP contribution in [0.2, 0.25) is 0 Å². The van der Waals surface area contributed by atoms with Crippen molar-refractivity contribution in [2.45, 2.75) is 35.5 Å². The van der Waals surface area contributed by atoms with Gasteiger partial charge in [-0.15, -0.1) is 0 Å². The van der Waals surface area contributed by atoms with Crippen molar-refractivity contribution in [3.05, 3.63) is 0 Å². The number of hydrogen-bond acceptors (Lipinski definition) is 2. The summed E-state index contributed by atoms with van der Waals surface area (Å²) in [6.45, 7) is 1.32. The van der Waals surface area contributed by atoms with E-state index < -0.39 is 28.1 Å². The predicted octanol–water partition coefficient (Wildman–Crippen LogP) is 3.53. The highest BCUT2D eigenvalue weighted by Gasteiger charge is 2.76. The van der Waals surface area contributed by atoms with Gasteiger partial charge in [-0.25, -0.2) is 0 Å². The molecule has 1 unspecified atom stereocenters. The molecule has 2 nitrogen and oxygen atoms in total. The summed E-state index contributed by atoms with van der Waals surface area (Å²) in [5, 5.41) is 0. The zero-order valence-corrected chi connectivity index (χ0v) is 10.3. The highest BCUT2D eigenvalue weighted by molar-refractivity contribution is 14.1. The van der Waals surface area contributed by atoms with E-state index in [1.54, 1.807) is 0 Å². The van der Waals surface area contributed by atoms with Crippen LogP contribution in [0.1, 0.15) is 13.3 Å². The Bertz CT molecular complexity index is 271. The Labute approximate surface area is 105 Å². The maximum absolute atomic E-state index is 12.9. The molecule has 0 rings (SSSR count). The van der Waals surface area contributed by atoms with E-state index in [9.17, 15) is 35.5 Å². The predicted molar refractivity (Wildman–Crippen MR) is 50.1 cm³/mol. The molecule has 1 atom stereocenters. The van der Waals surface area contributed by atoms with Crippen LogP contribution >= 0.6 is 22.6 Å². The molecule has 0 saturated carbocycles. The number of halogens is 8. The Balaban J connectivity index is 5.20. The van der Waals surface area contributed by atoms with Crippen LogP contribution in [0.15, 0.2) is 0 Å². The highest BCUT2D eigenvalue weighted by atomic mass is 127. The Kier molecular flexibility index (Phi) is 5.06. The van der Waals surface area contributed by atoms with Gasteiger partial charge in [-0.3, -0.25) is 4.79 Å². The lowest BCUT2D eigenvalue weighted by Gasteiger charge is -2.29. The van der Waals surface area contributed by atoms with E-state index >= 15 is 0 Å². The second kappa shape index (κ2) is 5.14. The van der Waals surface area contributed by atoms with Crippen LogP contribution in [0, 0.1) is 0 Å². The van der Waals surface area contributed by atoms with Crippen molar-refractivity contribution in [1.29, 1.82) is 0 Å². The minimum atomic E-state index is -6.38. The molecule has 0 saturated heterocycles. The third-order valence-corrected chi connectivity index (χ3v) is 2.97. The average molecular weight is 382 g/mol. The molecule has 0 aromatic heterocycles. The molecule has 102 valence electrons. The van der Waals surface area contributed by atoms with Crippen molar-refractivity contribution in [2.75, 3.05) is 0 Å². The first-order chi connectivity index (χ1) is 7.37. The van der Waals surface area contributed by atoms with Gasteiger partial charge in [0, 0.05) is 0 Å². The maximum atomic E-state index is 12.9. The molecule has 0 aliphatic rings. The number of hydrogen-bond donors (Lipinski definition) is 0.